The lowest BCUT2D eigenvalue weighted by atomic mass is 9.81. The summed E-state index contributed by atoms with van der Waals surface area (Å²) in [4.78, 5) is 37.2. The lowest BCUT2D eigenvalue weighted by Crippen LogP contribution is -2.48. The number of carboxylic acids is 2. The molecule has 0 aliphatic rings. The molecule has 7 nitrogen and oxygen atoms in total. The number of benzene rings is 1. The molecule has 2 rings (SSSR count). The summed E-state index contributed by atoms with van der Waals surface area (Å²) >= 11 is 0. The van der Waals surface area contributed by atoms with Gasteiger partial charge in [0, 0.05) is 30.6 Å². The maximum absolute atomic E-state index is 11.6. The summed E-state index contributed by atoms with van der Waals surface area (Å²) < 4.78 is 0. The van der Waals surface area contributed by atoms with Crippen molar-refractivity contribution in [3.63, 3.8) is 0 Å². The Balaban J connectivity index is 2.25. The van der Waals surface area contributed by atoms with Gasteiger partial charge in [-0.3, -0.25) is 14.4 Å². The van der Waals surface area contributed by atoms with Crippen molar-refractivity contribution in [2.24, 2.45) is 5.41 Å². The second-order valence-electron chi connectivity index (χ2n) is 5.46. The number of carbonyl (C=O) groups excluding carboxylic acids is 1. The molecule has 0 saturated heterocycles. The van der Waals surface area contributed by atoms with Crippen LogP contribution in [0.15, 0.2) is 30.5 Å². The van der Waals surface area contributed by atoms with Crippen molar-refractivity contribution in [2.75, 3.05) is 6.54 Å². The van der Waals surface area contributed by atoms with Crippen molar-refractivity contribution >= 4 is 28.7 Å². The summed E-state index contributed by atoms with van der Waals surface area (Å²) in [5, 5.41) is 22.1. The van der Waals surface area contributed by atoms with E-state index in [0.29, 0.717) is 0 Å². The molecular formula is C16H18N2O5. The van der Waals surface area contributed by atoms with Crippen LogP contribution in [0, 0.1) is 5.41 Å². The summed E-state index contributed by atoms with van der Waals surface area (Å²) in [7, 11) is 0. The van der Waals surface area contributed by atoms with E-state index in [0.717, 1.165) is 16.5 Å². The van der Waals surface area contributed by atoms with E-state index in [4.69, 9.17) is 0 Å². The standard InChI is InChI=1S/C16H18N2O5/c1-10(19)18-9-16(14(20)21,15(22)23)7-6-11-8-17-13-5-3-2-4-12(11)13/h2-5,8,17H,6-7,9H2,1H3,(H,18,19)(H,20,21)(H,22,23). The molecule has 23 heavy (non-hydrogen) atoms. The number of fused-ring (bicyclic) bond motifs is 1. The zero-order chi connectivity index (χ0) is 17.0. The Hall–Kier alpha value is -2.83. The minimum atomic E-state index is -2.05. The zero-order valence-corrected chi connectivity index (χ0v) is 12.6. The van der Waals surface area contributed by atoms with E-state index in [1.54, 1.807) is 6.20 Å². The predicted octanol–water partition coefficient (Wildman–Crippen LogP) is 1.39. The van der Waals surface area contributed by atoms with Crippen molar-refractivity contribution < 1.29 is 24.6 Å². The van der Waals surface area contributed by atoms with Gasteiger partial charge >= 0.3 is 11.9 Å². The van der Waals surface area contributed by atoms with Crippen molar-refractivity contribution in [1.82, 2.24) is 10.3 Å². The number of H-pyrrole nitrogens is 1. The quantitative estimate of drug-likeness (QED) is 0.575. The van der Waals surface area contributed by atoms with Gasteiger partial charge in [0.1, 0.15) is 0 Å². The van der Waals surface area contributed by atoms with Crippen LogP contribution in [0.5, 0.6) is 0 Å². The molecule has 0 radical (unpaired) electrons. The van der Waals surface area contributed by atoms with Crippen LogP contribution in [0.25, 0.3) is 10.9 Å². The van der Waals surface area contributed by atoms with E-state index < -0.39 is 29.8 Å². The number of nitrogens with one attached hydrogen (secondary N) is 2. The third-order valence-corrected chi connectivity index (χ3v) is 3.95. The second-order valence-corrected chi connectivity index (χ2v) is 5.46. The third kappa shape index (κ3) is 3.33. The summed E-state index contributed by atoms with van der Waals surface area (Å²) in [5.74, 6) is -3.39. The van der Waals surface area contributed by atoms with Crippen molar-refractivity contribution in [2.45, 2.75) is 19.8 Å². The Bertz CT molecular complexity index is 736. The van der Waals surface area contributed by atoms with Gasteiger partial charge in [-0.1, -0.05) is 18.2 Å². The van der Waals surface area contributed by atoms with Crippen LogP contribution in [-0.4, -0.2) is 39.6 Å². The van der Waals surface area contributed by atoms with E-state index in [2.05, 4.69) is 10.3 Å². The maximum Gasteiger partial charge on any atom is 0.322 e. The fourth-order valence-corrected chi connectivity index (χ4v) is 2.51. The van der Waals surface area contributed by atoms with Gasteiger partial charge in [0.15, 0.2) is 5.41 Å². The average molecular weight is 318 g/mol. The number of carbonyl (C=O) groups is 3. The highest BCUT2D eigenvalue weighted by Gasteiger charge is 2.46. The molecule has 0 spiro atoms. The highest BCUT2D eigenvalue weighted by atomic mass is 16.4. The number of carboxylic acid groups (broad SMARTS) is 2. The first-order chi connectivity index (χ1) is 10.9. The number of hydrogen-bond acceptors (Lipinski definition) is 3. The minimum Gasteiger partial charge on any atom is -0.480 e. The van der Waals surface area contributed by atoms with Crippen LogP contribution in [0.1, 0.15) is 18.9 Å². The minimum absolute atomic E-state index is 0.125. The lowest BCUT2D eigenvalue weighted by Gasteiger charge is -2.24. The summed E-state index contributed by atoms with van der Waals surface area (Å²) in [6.45, 7) is 0.767. The van der Waals surface area contributed by atoms with Gasteiger partial charge in [-0.2, -0.15) is 0 Å². The number of aromatic amines is 1. The molecule has 1 heterocycles. The topological polar surface area (TPSA) is 119 Å². The summed E-state index contributed by atoms with van der Waals surface area (Å²) in [5.41, 5.74) is -0.305. The van der Waals surface area contributed by atoms with Crippen LogP contribution in [0.2, 0.25) is 0 Å². The molecule has 0 aliphatic heterocycles. The Labute approximate surface area is 132 Å². The molecular weight excluding hydrogens is 300 g/mol. The fourth-order valence-electron chi connectivity index (χ4n) is 2.51. The first kappa shape index (κ1) is 16.5. The molecule has 0 fully saturated rings. The van der Waals surface area contributed by atoms with Crippen LogP contribution in [-0.2, 0) is 20.8 Å². The molecule has 1 aromatic carbocycles. The largest absolute Gasteiger partial charge is 0.480 e. The highest BCUT2D eigenvalue weighted by Crippen LogP contribution is 2.27. The van der Waals surface area contributed by atoms with Crippen molar-refractivity contribution in [3.05, 3.63) is 36.0 Å². The first-order valence-corrected chi connectivity index (χ1v) is 7.13. The SMILES string of the molecule is CC(=O)NCC(CCc1c[nH]c2ccccc12)(C(=O)O)C(=O)O. The van der Waals surface area contributed by atoms with Gasteiger partial charge in [0.2, 0.25) is 5.91 Å². The van der Waals surface area contributed by atoms with Gasteiger partial charge in [0.05, 0.1) is 0 Å². The first-order valence-electron chi connectivity index (χ1n) is 7.13. The van der Waals surface area contributed by atoms with E-state index in [1.165, 1.54) is 6.92 Å². The zero-order valence-electron chi connectivity index (χ0n) is 12.6. The number of amides is 1. The molecule has 7 heteroatoms. The normalized spacial score (nSPS) is 11.3. The molecule has 1 aromatic heterocycles. The highest BCUT2D eigenvalue weighted by molar-refractivity contribution is 5.99. The molecule has 4 N–H and O–H groups in total. The van der Waals surface area contributed by atoms with E-state index in [-0.39, 0.29) is 12.8 Å². The molecule has 2 aromatic rings. The monoisotopic (exact) mass is 318 g/mol. The molecule has 0 saturated carbocycles. The van der Waals surface area contributed by atoms with Crippen LogP contribution in [0.4, 0.5) is 0 Å². The van der Waals surface area contributed by atoms with Crippen LogP contribution < -0.4 is 5.32 Å². The summed E-state index contributed by atoms with van der Waals surface area (Å²) in [6, 6.07) is 7.51. The third-order valence-electron chi connectivity index (χ3n) is 3.95. The van der Waals surface area contributed by atoms with Crippen LogP contribution in [0.3, 0.4) is 0 Å². The Morgan fingerprint density at radius 3 is 2.43 bits per heavy atom. The molecule has 0 aliphatic carbocycles. The molecule has 1 amide bonds. The van der Waals surface area contributed by atoms with Gasteiger partial charge < -0.3 is 20.5 Å². The van der Waals surface area contributed by atoms with Crippen LogP contribution >= 0.6 is 0 Å². The van der Waals surface area contributed by atoms with Crippen molar-refractivity contribution in [3.8, 4) is 0 Å². The number of aryl methyl sites for hydroxylation is 1. The van der Waals surface area contributed by atoms with Gasteiger partial charge in [-0.15, -0.1) is 0 Å². The number of aliphatic carboxylic acids is 2. The van der Waals surface area contributed by atoms with Gasteiger partial charge in [-0.25, -0.2) is 0 Å². The average Bonchev–Trinajstić information content (AvgIpc) is 2.90. The van der Waals surface area contributed by atoms with E-state index in [9.17, 15) is 24.6 Å². The predicted molar refractivity (Wildman–Crippen MR) is 83.0 cm³/mol. The Morgan fingerprint density at radius 2 is 1.83 bits per heavy atom. The number of hydrogen-bond donors (Lipinski definition) is 4. The van der Waals surface area contributed by atoms with E-state index >= 15 is 0 Å². The Morgan fingerprint density at radius 1 is 1.17 bits per heavy atom. The fraction of sp³-hybridized carbons (Fsp3) is 0.312. The molecule has 0 atom stereocenters. The number of para-hydroxylation sites is 1. The van der Waals surface area contributed by atoms with Gasteiger partial charge in [-0.05, 0) is 24.5 Å². The van der Waals surface area contributed by atoms with E-state index in [1.807, 2.05) is 24.3 Å². The molecule has 0 unspecified atom stereocenters. The molecule has 122 valence electrons. The second kappa shape index (κ2) is 6.51. The number of rotatable bonds is 7. The van der Waals surface area contributed by atoms with Crippen molar-refractivity contribution in [1.29, 1.82) is 0 Å². The van der Waals surface area contributed by atoms with Gasteiger partial charge in [0.25, 0.3) is 0 Å². The lowest BCUT2D eigenvalue weighted by molar-refractivity contribution is -0.164. The Kier molecular flexibility index (Phi) is 4.68. The molecule has 0 bridgehead atoms. The maximum atomic E-state index is 11.6. The summed E-state index contributed by atoms with van der Waals surface area (Å²) in [6.07, 6.45) is 1.89. The smallest absolute Gasteiger partial charge is 0.322 e. The number of aromatic nitrogens is 1.